The van der Waals surface area contributed by atoms with Gasteiger partial charge in [-0.05, 0) is 31.0 Å². The van der Waals surface area contributed by atoms with Crippen molar-refractivity contribution in [2.75, 3.05) is 5.73 Å². The van der Waals surface area contributed by atoms with Gasteiger partial charge in [0, 0.05) is 6.20 Å². The molecule has 10 heavy (non-hydrogen) atoms. The summed E-state index contributed by atoms with van der Waals surface area (Å²) in [5.74, 6) is 0.634. The lowest BCUT2D eigenvalue weighted by molar-refractivity contribution is 1.23. The molecule has 0 aliphatic carbocycles. The second-order valence-corrected chi connectivity index (χ2v) is 2.14. The molecule has 0 amide bonds. The van der Waals surface area contributed by atoms with E-state index in [4.69, 9.17) is 5.73 Å². The molecule has 0 aromatic carbocycles. The molecular formula is C7H11ClN2. The average Bonchev–Trinajstić information content (AvgIpc) is 1.83. The summed E-state index contributed by atoms with van der Waals surface area (Å²) >= 11 is 0. The molecule has 2 N–H and O–H groups in total. The number of nitrogens with two attached hydrogens (primary N) is 1. The monoisotopic (exact) mass is 158 g/mol. The van der Waals surface area contributed by atoms with E-state index < -0.39 is 0 Å². The summed E-state index contributed by atoms with van der Waals surface area (Å²) in [6.07, 6.45) is 1.72. The Balaban J connectivity index is 0.000000810. The van der Waals surface area contributed by atoms with Crippen molar-refractivity contribution >= 4 is 18.2 Å². The van der Waals surface area contributed by atoms with Crippen LogP contribution in [-0.4, -0.2) is 4.98 Å². The minimum atomic E-state index is 0. The first-order valence-electron chi connectivity index (χ1n) is 2.89. The Bertz CT molecular complexity index is 203. The number of halogens is 1. The molecule has 0 aliphatic rings. The van der Waals surface area contributed by atoms with Crippen molar-refractivity contribution < 1.29 is 0 Å². The standard InChI is InChI=1S/C7H10N2.ClH/c1-5-3-4-9-7(8)6(5)2;/h3-4H,1-2H3,(H2,8,9);1H. The van der Waals surface area contributed by atoms with Crippen LogP contribution >= 0.6 is 12.4 Å². The molecule has 0 bridgehead atoms. The Morgan fingerprint density at radius 2 is 2.00 bits per heavy atom. The Kier molecular flexibility index (Phi) is 3.16. The number of aryl methyl sites for hydroxylation is 1. The van der Waals surface area contributed by atoms with E-state index >= 15 is 0 Å². The zero-order valence-electron chi connectivity index (χ0n) is 6.09. The first-order chi connectivity index (χ1) is 4.22. The quantitative estimate of drug-likeness (QED) is 0.624. The lowest BCUT2D eigenvalue weighted by Gasteiger charge is -1.99. The zero-order chi connectivity index (χ0) is 6.85. The molecule has 56 valence electrons. The second kappa shape index (κ2) is 3.42. The van der Waals surface area contributed by atoms with E-state index in [2.05, 4.69) is 4.98 Å². The largest absolute Gasteiger partial charge is 0.383 e. The fourth-order valence-electron chi connectivity index (χ4n) is 0.653. The van der Waals surface area contributed by atoms with Gasteiger partial charge in [-0.2, -0.15) is 0 Å². The normalized spacial score (nSPS) is 8.60. The number of anilines is 1. The topological polar surface area (TPSA) is 38.9 Å². The van der Waals surface area contributed by atoms with Crippen LogP contribution in [0.15, 0.2) is 12.3 Å². The number of hydrogen-bond donors (Lipinski definition) is 1. The Labute approximate surface area is 66.9 Å². The number of pyridine rings is 1. The molecule has 0 saturated carbocycles. The zero-order valence-corrected chi connectivity index (χ0v) is 6.90. The summed E-state index contributed by atoms with van der Waals surface area (Å²) in [5, 5.41) is 0. The minimum absolute atomic E-state index is 0. The van der Waals surface area contributed by atoms with E-state index in [9.17, 15) is 0 Å². The number of aromatic nitrogens is 1. The summed E-state index contributed by atoms with van der Waals surface area (Å²) in [7, 11) is 0. The molecule has 0 atom stereocenters. The Morgan fingerprint density at radius 1 is 1.40 bits per heavy atom. The SMILES string of the molecule is Cc1ccnc(N)c1C.Cl. The predicted octanol–water partition coefficient (Wildman–Crippen LogP) is 1.70. The maximum Gasteiger partial charge on any atom is 0.126 e. The van der Waals surface area contributed by atoms with Crippen LogP contribution in [0.2, 0.25) is 0 Å². The van der Waals surface area contributed by atoms with Crippen molar-refractivity contribution in [1.29, 1.82) is 0 Å². The molecule has 0 fully saturated rings. The third-order valence-electron chi connectivity index (χ3n) is 1.51. The molecule has 1 heterocycles. The van der Waals surface area contributed by atoms with Crippen LogP contribution in [-0.2, 0) is 0 Å². The van der Waals surface area contributed by atoms with Crippen molar-refractivity contribution in [1.82, 2.24) is 4.98 Å². The Morgan fingerprint density at radius 3 is 2.40 bits per heavy atom. The van der Waals surface area contributed by atoms with Crippen molar-refractivity contribution in [3.05, 3.63) is 23.4 Å². The van der Waals surface area contributed by atoms with Gasteiger partial charge in [0.25, 0.3) is 0 Å². The smallest absolute Gasteiger partial charge is 0.126 e. The van der Waals surface area contributed by atoms with Crippen molar-refractivity contribution in [2.45, 2.75) is 13.8 Å². The van der Waals surface area contributed by atoms with E-state index in [1.54, 1.807) is 6.20 Å². The van der Waals surface area contributed by atoms with E-state index in [1.165, 1.54) is 5.56 Å². The predicted molar refractivity (Wildman–Crippen MR) is 45.4 cm³/mol. The fourth-order valence-corrected chi connectivity index (χ4v) is 0.653. The summed E-state index contributed by atoms with van der Waals surface area (Å²) in [5.41, 5.74) is 7.79. The summed E-state index contributed by atoms with van der Waals surface area (Å²) in [6, 6.07) is 1.95. The summed E-state index contributed by atoms with van der Waals surface area (Å²) in [6.45, 7) is 3.99. The molecular weight excluding hydrogens is 148 g/mol. The van der Waals surface area contributed by atoms with Crippen LogP contribution in [0.4, 0.5) is 5.82 Å². The highest BCUT2D eigenvalue weighted by molar-refractivity contribution is 5.85. The lowest BCUT2D eigenvalue weighted by atomic mass is 10.2. The van der Waals surface area contributed by atoms with E-state index in [0.717, 1.165) is 5.56 Å². The van der Waals surface area contributed by atoms with Crippen LogP contribution in [0, 0.1) is 13.8 Å². The molecule has 1 aromatic heterocycles. The van der Waals surface area contributed by atoms with Crippen LogP contribution < -0.4 is 5.73 Å². The third-order valence-corrected chi connectivity index (χ3v) is 1.51. The molecule has 0 saturated heterocycles. The van der Waals surface area contributed by atoms with E-state index in [1.807, 2.05) is 19.9 Å². The number of nitrogens with zero attached hydrogens (tertiary/aromatic N) is 1. The van der Waals surface area contributed by atoms with Gasteiger partial charge in [-0.15, -0.1) is 12.4 Å². The van der Waals surface area contributed by atoms with Gasteiger partial charge in [0.2, 0.25) is 0 Å². The van der Waals surface area contributed by atoms with Crippen LogP contribution in [0.3, 0.4) is 0 Å². The van der Waals surface area contributed by atoms with Gasteiger partial charge in [0.05, 0.1) is 0 Å². The van der Waals surface area contributed by atoms with Crippen molar-refractivity contribution in [2.24, 2.45) is 0 Å². The third kappa shape index (κ3) is 1.61. The van der Waals surface area contributed by atoms with Crippen LogP contribution in [0.1, 0.15) is 11.1 Å². The van der Waals surface area contributed by atoms with Gasteiger partial charge in [-0.3, -0.25) is 0 Å². The highest BCUT2D eigenvalue weighted by atomic mass is 35.5. The first-order valence-corrected chi connectivity index (χ1v) is 2.89. The Hall–Kier alpha value is -0.760. The maximum atomic E-state index is 5.51. The number of hydrogen-bond acceptors (Lipinski definition) is 2. The van der Waals surface area contributed by atoms with Crippen LogP contribution in [0.5, 0.6) is 0 Å². The molecule has 2 nitrogen and oxygen atoms in total. The highest BCUT2D eigenvalue weighted by Crippen LogP contribution is 2.09. The van der Waals surface area contributed by atoms with Gasteiger partial charge in [-0.25, -0.2) is 4.98 Å². The molecule has 0 aliphatic heterocycles. The van der Waals surface area contributed by atoms with Crippen molar-refractivity contribution in [3.8, 4) is 0 Å². The van der Waals surface area contributed by atoms with E-state index in [0.29, 0.717) is 5.82 Å². The summed E-state index contributed by atoms with van der Waals surface area (Å²) in [4.78, 5) is 3.92. The second-order valence-electron chi connectivity index (χ2n) is 2.14. The first kappa shape index (κ1) is 9.24. The average molecular weight is 159 g/mol. The molecule has 0 spiro atoms. The number of nitrogen functional groups attached to an aromatic ring is 1. The summed E-state index contributed by atoms with van der Waals surface area (Å²) < 4.78 is 0. The van der Waals surface area contributed by atoms with Gasteiger partial charge in [-0.1, -0.05) is 0 Å². The van der Waals surface area contributed by atoms with Gasteiger partial charge in [0.1, 0.15) is 5.82 Å². The molecule has 0 unspecified atom stereocenters. The highest BCUT2D eigenvalue weighted by Gasteiger charge is 1.94. The molecule has 3 heteroatoms. The van der Waals surface area contributed by atoms with E-state index in [-0.39, 0.29) is 12.4 Å². The molecule has 0 radical (unpaired) electrons. The van der Waals surface area contributed by atoms with Gasteiger partial charge in [0.15, 0.2) is 0 Å². The fraction of sp³-hybridized carbons (Fsp3) is 0.286. The lowest BCUT2D eigenvalue weighted by Crippen LogP contribution is -1.94. The maximum absolute atomic E-state index is 5.51. The van der Waals surface area contributed by atoms with Gasteiger partial charge >= 0.3 is 0 Å². The molecule has 1 aromatic rings. The molecule has 1 rings (SSSR count). The van der Waals surface area contributed by atoms with Crippen LogP contribution in [0.25, 0.3) is 0 Å². The minimum Gasteiger partial charge on any atom is -0.383 e. The number of rotatable bonds is 0. The van der Waals surface area contributed by atoms with Crippen molar-refractivity contribution in [3.63, 3.8) is 0 Å². The van der Waals surface area contributed by atoms with Gasteiger partial charge < -0.3 is 5.73 Å².